The zero-order valence-electron chi connectivity index (χ0n) is 13.3. The van der Waals surface area contributed by atoms with Gasteiger partial charge in [0.2, 0.25) is 0 Å². The van der Waals surface area contributed by atoms with Gasteiger partial charge in [-0.1, -0.05) is 0 Å². The van der Waals surface area contributed by atoms with E-state index in [1.807, 2.05) is 0 Å². The molecule has 0 amide bonds. The molecule has 0 saturated carbocycles. The van der Waals surface area contributed by atoms with Crippen molar-refractivity contribution in [3.8, 4) is 11.5 Å². The van der Waals surface area contributed by atoms with Crippen molar-refractivity contribution in [3.63, 3.8) is 0 Å². The molecule has 3 heterocycles. The zero-order valence-corrected chi connectivity index (χ0v) is 13.3. The van der Waals surface area contributed by atoms with Crippen molar-refractivity contribution in [1.82, 2.24) is 25.1 Å². The summed E-state index contributed by atoms with van der Waals surface area (Å²) >= 11 is 0. The largest absolute Gasteiger partial charge is 0.493 e. The van der Waals surface area contributed by atoms with Gasteiger partial charge in [-0.2, -0.15) is 5.10 Å². The molecule has 0 spiro atoms. The van der Waals surface area contributed by atoms with Crippen LogP contribution in [0.25, 0.3) is 0 Å². The number of likely N-dealkylation sites (tertiary alicyclic amines) is 1. The average molecular weight is 319 g/mol. The van der Waals surface area contributed by atoms with Crippen LogP contribution >= 0.6 is 0 Å². The molecule has 2 N–H and O–H groups in total. The first-order valence-electron chi connectivity index (χ1n) is 7.64. The van der Waals surface area contributed by atoms with Gasteiger partial charge in [0.25, 0.3) is 0 Å². The third-order valence-corrected chi connectivity index (χ3v) is 4.15. The maximum absolute atomic E-state index is 11.2. The molecule has 0 bridgehead atoms. The highest BCUT2D eigenvalue weighted by Crippen LogP contribution is 2.31. The van der Waals surface area contributed by atoms with E-state index in [0.29, 0.717) is 18.0 Å². The van der Waals surface area contributed by atoms with Gasteiger partial charge in [-0.25, -0.2) is 9.89 Å². The van der Waals surface area contributed by atoms with Gasteiger partial charge in [0.15, 0.2) is 11.5 Å². The van der Waals surface area contributed by atoms with Crippen molar-refractivity contribution in [3.05, 3.63) is 34.3 Å². The van der Waals surface area contributed by atoms with Crippen molar-refractivity contribution < 1.29 is 9.47 Å². The second kappa shape index (κ2) is 6.82. The monoisotopic (exact) mass is 319 g/mol. The summed E-state index contributed by atoms with van der Waals surface area (Å²) in [6.45, 7) is 2.47. The van der Waals surface area contributed by atoms with E-state index in [2.05, 4.69) is 25.1 Å². The van der Waals surface area contributed by atoms with Gasteiger partial charge in [0.05, 0.1) is 14.2 Å². The molecule has 124 valence electrons. The molecule has 1 saturated heterocycles. The molecule has 2 aromatic rings. The van der Waals surface area contributed by atoms with Crippen molar-refractivity contribution in [2.45, 2.75) is 25.3 Å². The molecule has 0 aromatic carbocycles. The number of ether oxygens (including phenoxy) is 2. The molecule has 8 heteroatoms. The summed E-state index contributed by atoms with van der Waals surface area (Å²) in [4.78, 5) is 20.7. The van der Waals surface area contributed by atoms with Crippen LogP contribution in [-0.4, -0.2) is 52.4 Å². The standard InChI is InChI=1S/C15H21N5O3/c1-22-12-5-6-16-11(13(12)23-2)9-20-7-3-4-10(8-20)14-17-15(21)19-18-14/h5-6,10H,3-4,7-9H2,1-2H3,(H2,17,18,19,21). The predicted molar refractivity (Wildman–Crippen MR) is 83.8 cm³/mol. The summed E-state index contributed by atoms with van der Waals surface area (Å²) in [6, 6.07) is 1.79. The minimum absolute atomic E-state index is 0.222. The van der Waals surface area contributed by atoms with Crippen LogP contribution in [0.5, 0.6) is 11.5 Å². The van der Waals surface area contributed by atoms with Gasteiger partial charge < -0.3 is 9.47 Å². The molecule has 0 radical (unpaired) electrons. The smallest absolute Gasteiger partial charge is 0.340 e. The number of nitrogens with zero attached hydrogens (tertiary/aromatic N) is 3. The van der Waals surface area contributed by atoms with Crippen LogP contribution < -0.4 is 15.2 Å². The molecular weight excluding hydrogens is 298 g/mol. The average Bonchev–Trinajstić information content (AvgIpc) is 3.01. The van der Waals surface area contributed by atoms with Crippen LogP contribution in [0.15, 0.2) is 17.1 Å². The summed E-state index contributed by atoms with van der Waals surface area (Å²) in [5.74, 6) is 2.30. The Morgan fingerprint density at radius 1 is 1.39 bits per heavy atom. The lowest BCUT2D eigenvalue weighted by atomic mass is 9.97. The summed E-state index contributed by atoms with van der Waals surface area (Å²) in [6.07, 6.45) is 3.79. The number of hydrogen-bond donors (Lipinski definition) is 2. The molecule has 2 aromatic heterocycles. The second-order valence-electron chi connectivity index (χ2n) is 5.63. The number of methoxy groups -OCH3 is 2. The van der Waals surface area contributed by atoms with E-state index in [4.69, 9.17) is 9.47 Å². The summed E-state index contributed by atoms with van der Waals surface area (Å²) in [5.41, 5.74) is 0.594. The molecule has 1 fully saturated rings. The number of H-pyrrole nitrogens is 2. The fraction of sp³-hybridized carbons (Fsp3) is 0.533. The Morgan fingerprint density at radius 2 is 2.26 bits per heavy atom. The molecule has 1 aliphatic heterocycles. The highest BCUT2D eigenvalue weighted by atomic mass is 16.5. The fourth-order valence-corrected chi connectivity index (χ4v) is 3.07. The van der Waals surface area contributed by atoms with Crippen LogP contribution in [0.1, 0.15) is 30.3 Å². The van der Waals surface area contributed by atoms with Crippen molar-refractivity contribution in [2.24, 2.45) is 0 Å². The van der Waals surface area contributed by atoms with E-state index in [1.54, 1.807) is 26.5 Å². The Labute approximate surface area is 133 Å². The Kier molecular flexibility index (Phi) is 4.61. The molecule has 3 rings (SSSR count). The second-order valence-corrected chi connectivity index (χ2v) is 5.63. The molecule has 1 unspecified atom stereocenters. The number of aromatic nitrogens is 4. The molecule has 23 heavy (non-hydrogen) atoms. The first kappa shape index (κ1) is 15.5. The van der Waals surface area contributed by atoms with Crippen LogP contribution in [-0.2, 0) is 6.54 Å². The molecule has 8 nitrogen and oxygen atoms in total. The number of aromatic amines is 2. The van der Waals surface area contributed by atoms with Gasteiger partial charge in [0.1, 0.15) is 11.5 Å². The van der Waals surface area contributed by atoms with Gasteiger partial charge >= 0.3 is 5.69 Å². The van der Waals surface area contributed by atoms with Crippen molar-refractivity contribution >= 4 is 0 Å². The van der Waals surface area contributed by atoms with Gasteiger partial charge in [-0.05, 0) is 19.4 Å². The van der Waals surface area contributed by atoms with E-state index in [-0.39, 0.29) is 11.6 Å². The van der Waals surface area contributed by atoms with Crippen LogP contribution in [0.3, 0.4) is 0 Å². The van der Waals surface area contributed by atoms with E-state index in [9.17, 15) is 4.79 Å². The first-order chi connectivity index (χ1) is 11.2. The van der Waals surface area contributed by atoms with E-state index in [1.165, 1.54) is 0 Å². The lowest BCUT2D eigenvalue weighted by molar-refractivity contribution is 0.191. The number of nitrogens with one attached hydrogen (secondary N) is 2. The topological polar surface area (TPSA) is 96.1 Å². The van der Waals surface area contributed by atoms with Crippen molar-refractivity contribution in [1.29, 1.82) is 0 Å². The maximum Gasteiger partial charge on any atom is 0.340 e. The molecule has 1 aliphatic rings. The fourth-order valence-electron chi connectivity index (χ4n) is 3.07. The SMILES string of the molecule is COc1ccnc(CN2CCCC(c3n[nH]c(=O)[nH]3)C2)c1OC. The molecular formula is C15H21N5O3. The van der Waals surface area contributed by atoms with Gasteiger partial charge in [-0.3, -0.25) is 14.9 Å². The van der Waals surface area contributed by atoms with Gasteiger partial charge in [0, 0.05) is 31.3 Å². The number of rotatable bonds is 5. The van der Waals surface area contributed by atoms with Crippen LogP contribution in [0.2, 0.25) is 0 Å². The van der Waals surface area contributed by atoms with Crippen LogP contribution in [0, 0.1) is 0 Å². The summed E-state index contributed by atoms with van der Waals surface area (Å²) in [5, 5.41) is 6.50. The highest BCUT2D eigenvalue weighted by Gasteiger charge is 2.25. The summed E-state index contributed by atoms with van der Waals surface area (Å²) in [7, 11) is 3.24. The zero-order chi connectivity index (χ0) is 16.2. The number of pyridine rings is 1. The number of hydrogen-bond acceptors (Lipinski definition) is 6. The predicted octanol–water partition coefficient (Wildman–Crippen LogP) is 0.890. The minimum Gasteiger partial charge on any atom is -0.493 e. The van der Waals surface area contributed by atoms with E-state index >= 15 is 0 Å². The van der Waals surface area contributed by atoms with E-state index < -0.39 is 0 Å². The normalized spacial score (nSPS) is 18.8. The Morgan fingerprint density at radius 3 is 2.96 bits per heavy atom. The van der Waals surface area contributed by atoms with Crippen LogP contribution in [0.4, 0.5) is 0 Å². The Hall–Kier alpha value is -2.35. The number of piperidine rings is 1. The summed E-state index contributed by atoms with van der Waals surface area (Å²) < 4.78 is 10.8. The molecule has 0 aliphatic carbocycles. The lowest BCUT2D eigenvalue weighted by Crippen LogP contribution is -2.34. The van der Waals surface area contributed by atoms with Gasteiger partial charge in [-0.15, -0.1) is 0 Å². The van der Waals surface area contributed by atoms with Crippen molar-refractivity contribution in [2.75, 3.05) is 27.3 Å². The minimum atomic E-state index is -0.256. The Bertz CT molecular complexity index is 711. The first-order valence-corrected chi connectivity index (χ1v) is 7.64. The lowest BCUT2D eigenvalue weighted by Gasteiger charge is -2.31. The maximum atomic E-state index is 11.2. The third-order valence-electron chi connectivity index (χ3n) is 4.15. The molecule has 1 atom stereocenters. The van der Waals surface area contributed by atoms with E-state index in [0.717, 1.165) is 37.4 Å². The highest BCUT2D eigenvalue weighted by molar-refractivity contribution is 5.42. The third kappa shape index (κ3) is 3.37. The Balaban J connectivity index is 1.74. The quantitative estimate of drug-likeness (QED) is 0.849.